The number of ether oxygens (including phenoxy) is 1. The molecule has 0 heterocycles. The Bertz CT molecular complexity index is 614. The lowest BCUT2D eigenvalue weighted by Gasteiger charge is -2.13. The van der Waals surface area contributed by atoms with Gasteiger partial charge in [0.05, 0.1) is 0 Å². The van der Waals surface area contributed by atoms with Crippen LogP contribution in [0.25, 0.3) is 0 Å². The number of unbranched alkanes of at least 4 members (excludes halogenated alkanes) is 5. The van der Waals surface area contributed by atoms with Gasteiger partial charge in [0.1, 0.15) is 12.4 Å². The molecule has 0 saturated carbocycles. The van der Waals surface area contributed by atoms with E-state index in [0.29, 0.717) is 6.61 Å². The van der Waals surface area contributed by atoms with E-state index in [1.54, 1.807) is 0 Å². The van der Waals surface area contributed by atoms with Crippen LogP contribution in [0.3, 0.4) is 0 Å². The standard InChI is InChI=1S/C22H30ClNO/c1-2-3-4-5-6-11-16-24-17-19-12-8-10-15-22(19)25-18-20-13-7-9-14-21(20)23/h7-10,12-15,24H,2-6,11,16-18H2,1H3. The quantitative estimate of drug-likeness (QED) is 0.444. The van der Waals surface area contributed by atoms with Crippen molar-refractivity contribution < 1.29 is 4.74 Å². The molecule has 0 aliphatic heterocycles. The number of nitrogens with one attached hydrogen (secondary N) is 1. The van der Waals surface area contributed by atoms with Gasteiger partial charge in [-0.3, -0.25) is 0 Å². The number of halogens is 1. The Labute approximate surface area is 157 Å². The van der Waals surface area contributed by atoms with Gasteiger partial charge in [0.25, 0.3) is 0 Å². The van der Waals surface area contributed by atoms with E-state index in [0.717, 1.165) is 29.4 Å². The topological polar surface area (TPSA) is 21.3 Å². The Morgan fingerprint density at radius 3 is 2.32 bits per heavy atom. The minimum absolute atomic E-state index is 0.494. The third-order valence-electron chi connectivity index (χ3n) is 4.34. The Balaban J connectivity index is 1.73. The summed E-state index contributed by atoms with van der Waals surface area (Å²) in [5.41, 5.74) is 2.21. The third-order valence-corrected chi connectivity index (χ3v) is 4.70. The summed E-state index contributed by atoms with van der Waals surface area (Å²) in [6.07, 6.45) is 7.96. The molecular weight excluding hydrogens is 330 g/mol. The van der Waals surface area contributed by atoms with E-state index in [2.05, 4.69) is 24.4 Å². The first-order valence-electron chi connectivity index (χ1n) is 9.46. The minimum Gasteiger partial charge on any atom is -0.489 e. The molecule has 0 amide bonds. The lowest BCUT2D eigenvalue weighted by molar-refractivity contribution is 0.302. The van der Waals surface area contributed by atoms with E-state index < -0.39 is 0 Å². The molecule has 2 aromatic rings. The second kappa shape index (κ2) is 11.9. The van der Waals surface area contributed by atoms with Crippen molar-refractivity contribution in [2.45, 2.75) is 58.6 Å². The summed E-state index contributed by atoms with van der Waals surface area (Å²) >= 11 is 6.20. The van der Waals surface area contributed by atoms with Crippen LogP contribution in [0.2, 0.25) is 5.02 Å². The maximum absolute atomic E-state index is 6.20. The van der Waals surface area contributed by atoms with Crippen LogP contribution in [0, 0.1) is 0 Å². The molecule has 0 radical (unpaired) electrons. The zero-order valence-electron chi connectivity index (χ0n) is 15.3. The molecule has 0 bridgehead atoms. The van der Waals surface area contributed by atoms with E-state index in [1.807, 2.05) is 36.4 Å². The zero-order valence-corrected chi connectivity index (χ0v) is 16.0. The van der Waals surface area contributed by atoms with Gasteiger partial charge in [0.15, 0.2) is 0 Å². The lowest BCUT2D eigenvalue weighted by Crippen LogP contribution is -2.15. The highest BCUT2D eigenvalue weighted by Gasteiger charge is 2.05. The normalized spacial score (nSPS) is 10.8. The highest BCUT2D eigenvalue weighted by Crippen LogP contribution is 2.22. The smallest absolute Gasteiger partial charge is 0.124 e. The summed E-state index contributed by atoms with van der Waals surface area (Å²) in [7, 11) is 0. The van der Waals surface area contributed by atoms with Crippen LogP contribution in [0.5, 0.6) is 5.75 Å². The van der Waals surface area contributed by atoms with Gasteiger partial charge in [0.2, 0.25) is 0 Å². The Hall–Kier alpha value is -1.51. The van der Waals surface area contributed by atoms with Crippen molar-refractivity contribution in [3.05, 3.63) is 64.7 Å². The predicted octanol–water partition coefficient (Wildman–Crippen LogP) is 6.37. The van der Waals surface area contributed by atoms with E-state index in [-0.39, 0.29) is 0 Å². The molecule has 1 N–H and O–H groups in total. The molecule has 2 rings (SSSR count). The molecule has 0 saturated heterocycles. The average Bonchev–Trinajstić information content (AvgIpc) is 2.64. The molecular formula is C22H30ClNO. The van der Waals surface area contributed by atoms with Crippen LogP contribution < -0.4 is 10.1 Å². The Morgan fingerprint density at radius 2 is 1.52 bits per heavy atom. The highest BCUT2D eigenvalue weighted by atomic mass is 35.5. The summed E-state index contributed by atoms with van der Waals surface area (Å²) in [5, 5.41) is 4.29. The van der Waals surface area contributed by atoms with E-state index in [1.165, 1.54) is 44.1 Å². The van der Waals surface area contributed by atoms with Crippen molar-refractivity contribution >= 4 is 11.6 Å². The fraction of sp³-hybridized carbons (Fsp3) is 0.455. The van der Waals surface area contributed by atoms with Crippen molar-refractivity contribution in [3.63, 3.8) is 0 Å². The molecule has 0 fully saturated rings. The number of hydrogen-bond donors (Lipinski definition) is 1. The van der Waals surface area contributed by atoms with Crippen LogP contribution in [0.15, 0.2) is 48.5 Å². The van der Waals surface area contributed by atoms with Gasteiger partial charge < -0.3 is 10.1 Å². The van der Waals surface area contributed by atoms with Crippen molar-refractivity contribution in [1.82, 2.24) is 5.32 Å². The van der Waals surface area contributed by atoms with Crippen LogP contribution in [-0.4, -0.2) is 6.54 Å². The summed E-state index contributed by atoms with van der Waals surface area (Å²) in [4.78, 5) is 0. The molecule has 136 valence electrons. The summed E-state index contributed by atoms with van der Waals surface area (Å²) < 4.78 is 6.00. The average molecular weight is 360 g/mol. The molecule has 0 aliphatic rings. The van der Waals surface area contributed by atoms with Crippen molar-refractivity contribution in [1.29, 1.82) is 0 Å². The van der Waals surface area contributed by atoms with Gasteiger partial charge in [-0.05, 0) is 25.1 Å². The second-order valence-electron chi connectivity index (χ2n) is 6.43. The molecule has 0 atom stereocenters. The number of hydrogen-bond acceptors (Lipinski definition) is 2. The molecule has 0 aromatic heterocycles. The van der Waals surface area contributed by atoms with E-state index >= 15 is 0 Å². The van der Waals surface area contributed by atoms with Gasteiger partial charge in [-0.25, -0.2) is 0 Å². The van der Waals surface area contributed by atoms with E-state index in [4.69, 9.17) is 16.3 Å². The summed E-state index contributed by atoms with van der Waals surface area (Å²) in [6, 6.07) is 16.0. The van der Waals surface area contributed by atoms with Crippen LogP contribution in [0.4, 0.5) is 0 Å². The van der Waals surface area contributed by atoms with Gasteiger partial charge in [0, 0.05) is 22.7 Å². The SMILES string of the molecule is CCCCCCCCNCc1ccccc1OCc1ccccc1Cl. The fourth-order valence-corrected chi connectivity index (χ4v) is 3.01. The predicted molar refractivity (Wildman–Crippen MR) is 107 cm³/mol. The second-order valence-corrected chi connectivity index (χ2v) is 6.84. The minimum atomic E-state index is 0.494. The number of benzene rings is 2. The molecule has 2 aromatic carbocycles. The van der Waals surface area contributed by atoms with Gasteiger partial charge >= 0.3 is 0 Å². The van der Waals surface area contributed by atoms with Gasteiger partial charge in [-0.1, -0.05) is 87.0 Å². The lowest BCUT2D eigenvalue weighted by atomic mass is 10.1. The number of para-hydroxylation sites is 1. The Morgan fingerprint density at radius 1 is 0.840 bits per heavy atom. The van der Waals surface area contributed by atoms with Gasteiger partial charge in [-0.2, -0.15) is 0 Å². The largest absolute Gasteiger partial charge is 0.489 e. The molecule has 3 heteroatoms. The summed E-state index contributed by atoms with van der Waals surface area (Å²) in [5.74, 6) is 0.929. The van der Waals surface area contributed by atoms with Crippen molar-refractivity contribution in [2.75, 3.05) is 6.54 Å². The molecule has 0 aliphatic carbocycles. The summed E-state index contributed by atoms with van der Waals surface area (Å²) in [6.45, 7) is 4.65. The Kier molecular flexibility index (Phi) is 9.46. The zero-order chi connectivity index (χ0) is 17.7. The molecule has 0 unspecified atom stereocenters. The first-order valence-corrected chi connectivity index (χ1v) is 9.84. The van der Waals surface area contributed by atoms with Crippen LogP contribution in [-0.2, 0) is 13.2 Å². The van der Waals surface area contributed by atoms with Gasteiger partial charge in [-0.15, -0.1) is 0 Å². The number of rotatable bonds is 12. The molecule has 25 heavy (non-hydrogen) atoms. The fourth-order valence-electron chi connectivity index (χ4n) is 2.82. The molecule has 2 nitrogen and oxygen atoms in total. The van der Waals surface area contributed by atoms with Crippen molar-refractivity contribution in [2.24, 2.45) is 0 Å². The maximum atomic E-state index is 6.20. The third kappa shape index (κ3) is 7.50. The van der Waals surface area contributed by atoms with Crippen LogP contribution in [0.1, 0.15) is 56.6 Å². The van der Waals surface area contributed by atoms with Crippen LogP contribution >= 0.6 is 11.6 Å². The maximum Gasteiger partial charge on any atom is 0.124 e. The van der Waals surface area contributed by atoms with E-state index in [9.17, 15) is 0 Å². The molecule has 0 spiro atoms. The monoisotopic (exact) mass is 359 g/mol. The first kappa shape index (κ1) is 19.8. The first-order chi connectivity index (χ1) is 12.3. The highest BCUT2D eigenvalue weighted by molar-refractivity contribution is 6.31. The van der Waals surface area contributed by atoms with Crippen molar-refractivity contribution in [3.8, 4) is 5.75 Å².